The molecule has 0 spiro atoms. The largest absolute Gasteiger partial charge is 0.489 e. The number of nitrogens with one attached hydrogen (secondary N) is 2. The number of carbonyl (C=O) groups excluding carboxylic acids is 1. The third kappa shape index (κ3) is 3.85. The molecule has 2 aromatic heterocycles. The lowest BCUT2D eigenvalue weighted by atomic mass is 10.0. The van der Waals surface area contributed by atoms with Crippen LogP contribution in [0.4, 0.5) is 5.69 Å². The Kier molecular flexibility index (Phi) is 5.26. The highest BCUT2D eigenvalue weighted by Crippen LogP contribution is 2.36. The van der Waals surface area contributed by atoms with Gasteiger partial charge in [-0.2, -0.15) is 0 Å². The molecule has 0 radical (unpaired) electrons. The van der Waals surface area contributed by atoms with Crippen molar-refractivity contribution in [3.63, 3.8) is 0 Å². The summed E-state index contributed by atoms with van der Waals surface area (Å²) in [6.07, 6.45) is 2.40. The molecule has 2 aliphatic heterocycles. The van der Waals surface area contributed by atoms with Gasteiger partial charge in [0.25, 0.3) is 0 Å². The third-order valence-corrected chi connectivity index (χ3v) is 6.77. The molecule has 8 heteroatoms. The molecule has 2 aliphatic rings. The Morgan fingerprint density at radius 1 is 1.23 bits per heavy atom. The second kappa shape index (κ2) is 8.20. The van der Waals surface area contributed by atoms with Crippen LogP contribution in [-0.2, 0) is 4.79 Å². The van der Waals surface area contributed by atoms with E-state index in [9.17, 15) is 4.79 Å². The van der Waals surface area contributed by atoms with Gasteiger partial charge in [0, 0.05) is 50.6 Å². The van der Waals surface area contributed by atoms with Gasteiger partial charge in [-0.05, 0) is 31.2 Å². The van der Waals surface area contributed by atoms with Gasteiger partial charge in [0.05, 0.1) is 33.3 Å². The first-order chi connectivity index (χ1) is 14.7. The minimum Gasteiger partial charge on any atom is -0.489 e. The summed E-state index contributed by atoms with van der Waals surface area (Å²) in [7, 11) is 0. The van der Waals surface area contributed by atoms with Gasteiger partial charge in [0.2, 0.25) is 5.91 Å². The predicted octanol–water partition coefficient (Wildman–Crippen LogP) is 2.67. The van der Waals surface area contributed by atoms with Crippen molar-refractivity contribution >= 4 is 33.1 Å². The van der Waals surface area contributed by atoms with Crippen LogP contribution in [0.15, 0.2) is 36.0 Å². The Balaban J connectivity index is 1.41. The van der Waals surface area contributed by atoms with Crippen molar-refractivity contribution in [3.8, 4) is 17.0 Å². The fourth-order valence-corrected chi connectivity index (χ4v) is 4.82. The lowest BCUT2D eigenvalue weighted by Crippen LogP contribution is -2.43. The summed E-state index contributed by atoms with van der Waals surface area (Å²) in [6, 6.07) is 8.32. The van der Waals surface area contributed by atoms with E-state index in [2.05, 4.69) is 38.7 Å². The molecule has 30 heavy (non-hydrogen) atoms. The lowest BCUT2D eigenvalue weighted by Gasteiger charge is -2.29. The van der Waals surface area contributed by atoms with Crippen LogP contribution in [0.5, 0.6) is 5.75 Å². The molecular formula is C22H25N5O2S. The van der Waals surface area contributed by atoms with Crippen molar-refractivity contribution in [2.24, 2.45) is 5.92 Å². The number of nitrogens with zero attached hydrogens (tertiary/aromatic N) is 3. The van der Waals surface area contributed by atoms with Gasteiger partial charge in [-0.15, -0.1) is 11.3 Å². The van der Waals surface area contributed by atoms with Gasteiger partial charge >= 0.3 is 0 Å². The average molecular weight is 424 g/mol. The average Bonchev–Trinajstić information content (AvgIpc) is 3.43. The highest BCUT2D eigenvalue weighted by atomic mass is 32.1. The van der Waals surface area contributed by atoms with E-state index in [0.29, 0.717) is 13.0 Å². The number of hydrogen-bond acceptors (Lipinski definition) is 7. The summed E-state index contributed by atoms with van der Waals surface area (Å²) in [6.45, 7) is 6.71. The van der Waals surface area contributed by atoms with Crippen LogP contribution in [0.3, 0.4) is 0 Å². The zero-order valence-electron chi connectivity index (χ0n) is 16.9. The number of aromatic nitrogens is 2. The number of carbonyl (C=O) groups is 1. The molecule has 2 unspecified atom stereocenters. The number of thiazole rings is 1. The maximum absolute atomic E-state index is 11.6. The van der Waals surface area contributed by atoms with Gasteiger partial charge in [0.15, 0.2) is 0 Å². The summed E-state index contributed by atoms with van der Waals surface area (Å²) in [5.41, 5.74) is 5.79. The quantitative estimate of drug-likeness (QED) is 0.657. The predicted molar refractivity (Wildman–Crippen MR) is 119 cm³/mol. The van der Waals surface area contributed by atoms with Crippen molar-refractivity contribution in [1.82, 2.24) is 20.6 Å². The lowest BCUT2D eigenvalue weighted by molar-refractivity contribution is -0.119. The van der Waals surface area contributed by atoms with E-state index in [-0.39, 0.29) is 17.9 Å². The molecule has 1 aromatic carbocycles. The molecule has 2 fully saturated rings. The van der Waals surface area contributed by atoms with Crippen LogP contribution >= 0.6 is 11.3 Å². The topological polar surface area (TPSA) is 79.4 Å². The van der Waals surface area contributed by atoms with Gasteiger partial charge in [0.1, 0.15) is 11.9 Å². The summed E-state index contributed by atoms with van der Waals surface area (Å²) < 4.78 is 7.36. The molecule has 2 saturated heterocycles. The Bertz CT molecular complexity index is 1050. The fourth-order valence-electron chi connectivity index (χ4n) is 4.10. The first-order valence-electron chi connectivity index (χ1n) is 10.4. The van der Waals surface area contributed by atoms with Gasteiger partial charge in [-0.25, -0.2) is 4.98 Å². The molecule has 2 N–H and O–H groups in total. The zero-order valence-corrected chi connectivity index (χ0v) is 17.7. The van der Waals surface area contributed by atoms with E-state index in [1.165, 1.54) is 0 Å². The second-order valence-corrected chi connectivity index (χ2v) is 8.76. The highest BCUT2D eigenvalue weighted by Gasteiger charge is 2.28. The number of amides is 1. The maximum Gasteiger partial charge on any atom is 0.220 e. The van der Waals surface area contributed by atoms with Crippen LogP contribution in [0, 0.1) is 5.92 Å². The minimum atomic E-state index is -0.0625. The number of hydrogen-bond donors (Lipinski definition) is 2. The molecule has 3 aromatic rings. The molecule has 0 saturated carbocycles. The molecule has 4 heterocycles. The molecule has 7 nitrogen and oxygen atoms in total. The fraction of sp³-hybridized carbons (Fsp3) is 0.409. The van der Waals surface area contributed by atoms with E-state index in [4.69, 9.17) is 9.72 Å². The summed E-state index contributed by atoms with van der Waals surface area (Å²) in [5, 5.41) is 6.27. The summed E-state index contributed by atoms with van der Waals surface area (Å²) >= 11 is 1.57. The molecular weight excluding hydrogens is 398 g/mol. The molecule has 0 bridgehead atoms. The molecule has 1 amide bonds. The summed E-state index contributed by atoms with van der Waals surface area (Å²) in [5.74, 6) is 1.09. The summed E-state index contributed by atoms with van der Waals surface area (Å²) in [4.78, 5) is 23.2. The van der Waals surface area contributed by atoms with Crippen molar-refractivity contribution < 1.29 is 9.53 Å². The number of benzene rings is 1. The normalized spacial score (nSPS) is 20.4. The Hall–Kier alpha value is -2.71. The van der Waals surface area contributed by atoms with Gasteiger partial charge < -0.3 is 20.3 Å². The van der Waals surface area contributed by atoms with E-state index < -0.39 is 0 Å². The smallest absolute Gasteiger partial charge is 0.220 e. The van der Waals surface area contributed by atoms with E-state index in [0.717, 1.165) is 59.1 Å². The number of anilines is 1. The van der Waals surface area contributed by atoms with E-state index in [1.807, 2.05) is 24.7 Å². The number of rotatable bonds is 5. The van der Waals surface area contributed by atoms with Crippen LogP contribution in [0.1, 0.15) is 13.3 Å². The number of ether oxygens (including phenoxy) is 1. The van der Waals surface area contributed by atoms with Crippen LogP contribution in [0.25, 0.3) is 21.5 Å². The van der Waals surface area contributed by atoms with Crippen molar-refractivity contribution in [1.29, 1.82) is 0 Å². The number of fused-ring (bicyclic) bond motifs is 1. The maximum atomic E-state index is 11.6. The Morgan fingerprint density at radius 3 is 2.83 bits per heavy atom. The Labute approximate surface area is 179 Å². The second-order valence-electron chi connectivity index (χ2n) is 7.90. The first-order valence-corrected chi connectivity index (χ1v) is 11.3. The van der Waals surface area contributed by atoms with Crippen molar-refractivity contribution in [2.75, 3.05) is 37.6 Å². The molecule has 156 valence electrons. The zero-order chi connectivity index (χ0) is 20.5. The highest BCUT2D eigenvalue weighted by molar-refractivity contribution is 7.17. The molecule has 2 atom stereocenters. The van der Waals surface area contributed by atoms with Gasteiger partial charge in [-0.1, -0.05) is 0 Å². The first kappa shape index (κ1) is 19.3. The third-order valence-electron chi connectivity index (χ3n) is 5.91. The van der Waals surface area contributed by atoms with Crippen LogP contribution < -0.4 is 20.3 Å². The number of piperazine rings is 1. The molecule has 5 rings (SSSR count). The standard InChI is InChI=1S/C22H25N5O2S/c1-14(16-10-21(28)25-11-16)29-20-9-15(8-19-22(20)30-13-26-19)18-3-2-17(12-24-18)27-6-4-23-5-7-27/h2-3,8-9,12-14,16,23H,4-7,10-11H2,1H3,(H,25,28). The minimum absolute atomic E-state index is 0.0625. The van der Waals surface area contributed by atoms with Crippen LogP contribution in [-0.4, -0.2) is 54.7 Å². The van der Waals surface area contributed by atoms with Crippen LogP contribution in [0.2, 0.25) is 0 Å². The Morgan fingerprint density at radius 2 is 2.10 bits per heavy atom. The van der Waals surface area contributed by atoms with E-state index >= 15 is 0 Å². The SMILES string of the molecule is CC(Oc1cc(-c2ccc(N3CCNCC3)cn2)cc2ncsc12)C1CNC(=O)C1. The number of pyridine rings is 1. The monoisotopic (exact) mass is 423 g/mol. The van der Waals surface area contributed by atoms with Gasteiger partial charge in [-0.3, -0.25) is 9.78 Å². The van der Waals surface area contributed by atoms with Crippen molar-refractivity contribution in [3.05, 3.63) is 36.0 Å². The van der Waals surface area contributed by atoms with E-state index in [1.54, 1.807) is 11.3 Å². The molecule has 0 aliphatic carbocycles. The van der Waals surface area contributed by atoms with Crippen molar-refractivity contribution in [2.45, 2.75) is 19.4 Å².